The van der Waals surface area contributed by atoms with E-state index < -0.39 is 5.82 Å². The van der Waals surface area contributed by atoms with Crippen LogP contribution in [-0.2, 0) is 0 Å². The van der Waals surface area contributed by atoms with E-state index >= 15 is 0 Å². The fraction of sp³-hybridized carbons (Fsp3) is 0.500. The van der Waals surface area contributed by atoms with Crippen molar-refractivity contribution in [3.63, 3.8) is 0 Å². The number of benzene rings is 1. The normalized spacial score (nSPS) is 12.2. The van der Waals surface area contributed by atoms with Crippen molar-refractivity contribution in [2.24, 2.45) is 5.92 Å². The summed E-state index contributed by atoms with van der Waals surface area (Å²) in [5, 5.41) is 0. The van der Waals surface area contributed by atoms with Gasteiger partial charge >= 0.3 is 0 Å². The number of halogens is 1. The van der Waals surface area contributed by atoms with Gasteiger partial charge in [-0.1, -0.05) is 20.3 Å². The first-order valence-electron chi connectivity index (χ1n) is 6.03. The average molecular weight is 270 g/mol. The second-order valence-electron chi connectivity index (χ2n) is 4.30. The number of Topliss-reactive ketones (excluding diaryl/α,β-unsaturated/α-hetero) is 1. The lowest BCUT2D eigenvalue weighted by Gasteiger charge is -2.08. The zero-order valence-corrected chi connectivity index (χ0v) is 11.8. The van der Waals surface area contributed by atoms with Gasteiger partial charge in [0.05, 0.1) is 12.9 Å². The van der Waals surface area contributed by atoms with Crippen LogP contribution in [0.3, 0.4) is 0 Å². The minimum Gasteiger partial charge on any atom is -0.494 e. The van der Waals surface area contributed by atoms with Crippen molar-refractivity contribution < 1.29 is 13.9 Å². The van der Waals surface area contributed by atoms with Crippen LogP contribution in [0, 0.1) is 11.7 Å². The highest BCUT2D eigenvalue weighted by atomic mass is 32.2. The van der Waals surface area contributed by atoms with Gasteiger partial charge in [0.15, 0.2) is 17.3 Å². The Kier molecular flexibility index (Phi) is 6.19. The summed E-state index contributed by atoms with van der Waals surface area (Å²) in [6.45, 7) is 4.29. The highest BCUT2D eigenvalue weighted by molar-refractivity contribution is 7.99. The number of carbonyl (C=O) groups excluding carboxylic acids is 1. The molecule has 0 amide bonds. The fourth-order valence-electron chi connectivity index (χ4n) is 1.39. The monoisotopic (exact) mass is 270 g/mol. The quantitative estimate of drug-likeness (QED) is 0.705. The Balaban J connectivity index is 2.54. The van der Waals surface area contributed by atoms with E-state index in [-0.39, 0.29) is 11.5 Å². The van der Waals surface area contributed by atoms with Gasteiger partial charge in [-0.3, -0.25) is 4.79 Å². The molecule has 0 aliphatic carbocycles. The van der Waals surface area contributed by atoms with Crippen LogP contribution in [0.25, 0.3) is 0 Å². The maximum atomic E-state index is 13.4. The molecule has 2 nitrogen and oxygen atoms in total. The predicted octanol–water partition coefficient (Wildman–Crippen LogP) is 3.80. The van der Waals surface area contributed by atoms with E-state index in [9.17, 15) is 9.18 Å². The second-order valence-corrected chi connectivity index (χ2v) is 5.33. The molecule has 1 aromatic rings. The molecule has 0 bridgehead atoms. The van der Waals surface area contributed by atoms with Crippen molar-refractivity contribution in [2.75, 3.05) is 18.6 Å². The smallest absolute Gasteiger partial charge is 0.172 e. The highest BCUT2D eigenvalue weighted by Crippen LogP contribution is 2.19. The number of thioether (sulfide) groups is 1. The summed E-state index contributed by atoms with van der Waals surface area (Å²) in [7, 11) is 1.40. The summed E-state index contributed by atoms with van der Waals surface area (Å²) < 4.78 is 18.2. The van der Waals surface area contributed by atoms with E-state index in [0.29, 0.717) is 17.2 Å². The van der Waals surface area contributed by atoms with Crippen LogP contribution in [0.1, 0.15) is 30.6 Å². The summed E-state index contributed by atoms with van der Waals surface area (Å²) in [4.78, 5) is 11.8. The van der Waals surface area contributed by atoms with Crippen molar-refractivity contribution in [1.29, 1.82) is 0 Å². The largest absolute Gasteiger partial charge is 0.494 e. The van der Waals surface area contributed by atoms with E-state index in [1.54, 1.807) is 17.8 Å². The maximum Gasteiger partial charge on any atom is 0.172 e. The SMILES string of the molecule is CCC(C)CSCC(=O)c1ccc(OC)c(F)c1. The molecule has 0 fully saturated rings. The number of rotatable bonds is 7. The molecule has 0 saturated heterocycles. The molecule has 1 rings (SSSR count). The lowest BCUT2D eigenvalue weighted by molar-refractivity contribution is 0.102. The Labute approximate surface area is 112 Å². The molecule has 0 aromatic heterocycles. The summed E-state index contributed by atoms with van der Waals surface area (Å²) in [5.74, 6) is 1.60. The fourth-order valence-corrected chi connectivity index (χ4v) is 2.50. The summed E-state index contributed by atoms with van der Waals surface area (Å²) in [6, 6.07) is 4.33. The third-order valence-electron chi connectivity index (χ3n) is 2.81. The van der Waals surface area contributed by atoms with E-state index in [1.165, 1.54) is 19.2 Å². The Morgan fingerprint density at radius 2 is 2.22 bits per heavy atom. The molecule has 0 radical (unpaired) electrons. The molecule has 4 heteroatoms. The van der Waals surface area contributed by atoms with Gasteiger partial charge in [-0.2, -0.15) is 11.8 Å². The van der Waals surface area contributed by atoms with Gasteiger partial charge in [-0.05, 0) is 29.9 Å². The first-order valence-corrected chi connectivity index (χ1v) is 7.18. The first kappa shape index (κ1) is 15.0. The number of ketones is 1. The number of carbonyl (C=O) groups is 1. The van der Waals surface area contributed by atoms with Crippen molar-refractivity contribution >= 4 is 17.5 Å². The summed E-state index contributed by atoms with van der Waals surface area (Å²) in [6.07, 6.45) is 1.11. The van der Waals surface area contributed by atoms with Crippen LogP contribution in [0.4, 0.5) is 4.39 Å². The van der Waals surface area contributed by atoms with E-state index in [2.05, 4.69) is 13.8 Å². The lowest BCUT2D eigenvalue weighted by Crippen LogP contribution is -2.06. The van der Waals surface area contributed by atoms with E-state index in [1.807, 2.05) is 0 Å². The first-order chi connectivity index (χ1) is 8.58. The molecule has 1 unspecified atom stereocenters. The second kappa shape index (κ2) is 7.41. The Hall–Kier alpha value is -1.03. The lowest BCUT2D eigenvalue weighted by atomic mass is 10.1. The predicted molar refractivity (Wildman–Crippen MR) is 74.1 cm³/mol. The van der Waals surface area contributed by atoms with Crippen LogP contribution < -0.4 is 4.74 Å². The number of methoxy groups -OCH3 is 1. The van der Waals surface area contributed by atoms with Crippen LogP contribution >= 0.6 is 11.8 Å². The maximum absolute atomic E-state index is 13.4. The molecule has 0 aliphatic rings. The van der Waals surface area contributed by atoms with Crippen molar-refractivity contribution in [3.05, 3.63) is 29.6 Å². The van der Waals surface area contributed by atoms with E-state index in [0.717, 1.165) is 12.2 Å². The number of ether oxygens (including phenoxy) is 1. The highest BCUT2D eigenvalue weighted by Gasteiger charge is 2.10. The zero-order chi connectivity index (χ0) is 13.5. The Bertz CT molecular complexity index is 407. The molecular weight excluding hydrogens is 251 g/mol. The van der Waals surface area contributed by atoms with Gasteiger partial charge in [0, 0.05) is 5.56 Å². The molecule has 0 aliphatic heterocycles. The third-order valence-corrected chi connectivity index (χ3v) is 4.08. The molecule has 1 atom stereocenters. The van der Waals surface area contributed by atoms with Gasteiger partial charge in [-0.15, -0.1) is 0 Å². The van der Waals surface area contributed by atoms with Gasteiger partial charge in [0.1, 0.15) is 0 Å². The van der Waals surface area contributed by atoms with Crippen molar-refractivity contribution in [2.45, 2.75) is 20.3 Å². The molecule has 0 heterocycles. The van der Waals surface area contributed by atoms with Crippen LogP contribution in [0.2, 0.25) is 0 Å². The molecular formula is C14H19FO2S. The van der Waals surface area contributed by atoms with Crippen LogP contribution in [-0.4, -0.2) is 24.4 Å². The number of hydrogen-bond acceptors (Lipinski definition) is 3. The summed E-state index contributed by atoms with van der Waals surface area (Å²) >= 11 is 1.60. The van der Waals surface area contributed by atoms with Crippen molar-refractivity contribution in [3.8, 4) is 5.75 Å². The molecule has 0 N–H and O–H groups in total. The minimum absolute atomic E-state index is 0.0372. The molecule has 18 heavy (non-hydrogen) atoms. The van der Waals surface area contributed by atoms with Gasteiger partial charge in [0.25, 0.3) is 0 Å². The van der Waals surface area contributed by atoms with Crippen molar-refractivity contribution in [1.82, 2.24) is 0 Å². The average Bonchev–Trinajstić information content (AvgIpc) is 2.38. The van der Waals surface area contributed by atoms with Gasteiger partial charge in [0.2, 0.25) is 0 Å². The van der Waals surface area contributed by atoms with Gasteiger partial charge < -0.3 is 4.74 Å². The molecule has 100 valence electrons. The minimum atomic E-state index is -0.490. The standard InChI is InChI=1S/C14H19FO2S/c1-4-10(2)8-18-9-13(16)11-5-6-14(17-3)12(15)7-11/h5-7,10H,4,8-9H2,1-3H3. The van der Waals surface area contributed by atoms with Crippen LogP contribution in [0.5, 0.6) is 5.75 Å². The molecule has 0 saturated carbocycles. The topological polar surface area (TPSA) is 26.3 Å². The third kappa shape index (κ3) is 4.33. The molecule has 1 aromatic carbocycles. The van der Waals surface area contributed by atoms with Gasteiger partial charge in [-0.25, -0.2) is 4.39 Å². The molecule has 0 spiro atoms. The van der Waals surface area contributed by atoms with E-state index in [4.69, 9.17) is 4.74 Å². The Morgan fingerprint density at radius 3 is 2.78 bits per heavy atom. The Morgan fingerprint density at radius 1 is 1.50 bits per heavy atom. The number of hydrogen-bond donors (Lipinski definition) is 0. The zero-order valence-electron chi connectivity index (χ0n) is 11.0. The summed E-state index contributed by atoms with van der Waals surface area (Å²) in [5.41, 5.74) is 0.407. The van der Waals surface area contributed by atoms with Crippen LogP contribution in [0.15, 0.2) is 18.2 Å².